The lowest BCUT2D eigenvalue weighted by Crippen LogP contribution is -2.42. The van der Waals surface area contributed by atoms with Gasteiger partial charge >= 0.3 is 6.09 Å². The molecule has 2 fully saturated rings. The highest BCUT2D eigenvalue weighted by atomic mass is 16.6. The van der Waals surface area contributed by atoms with Crippen LogP contribution in [0.15, 0.2) is 0 Å². The Labute approximate surface area is 135 Å². The fraction of sp³-hybridized carbons (Fsp3) is 0.941. The van der Waals surface area contributed by atoms with Crippen LogP contribution in [0.4, 0.5) is 4.79 Å². The van der Waals surface area contributed by atoms with Crippen LogP contribution < -0.4 is 10.6 Å². The third-order valence-corrected chi connectivity index (χ3v) is 4.47. The smallest absolute Gasteiger partial charge is 0.410 e. The van der Waals surface area contributed by atoms with Gasteiger partial charge in [-0.1, -0.05) is 6.42 Å². The predicted octanol–water partition coefficient (Wildman–Crippen LogP) is 2.37. The van der Waals surface area contributed by atoms with E-state index in [1.807, 2.05) is 25.7 Å². The van der Waals surface area contributed by atoms with Gasteiger partial charge in [0, 0.05) is 25.7 Å². The van der Waals surface area contributed by atoms with Crippen LogP contribution in [-0.4, -0.2) is 55.4 Å². The molecule has 22 heavy (non-hydrogen) atoms. The molecule has 5 nitrogen and oxygen atoms in total. The maximum absolute atomic E-state index is 12.0. The number of likely N-dealkylation sites (tertiary alicyclic amines) is 1. The molecule has 2 aliphatic rings. The number of amides is 1. The van der Waals surface area contributed by atoms with Gasteiger partial charge in [-0.25, -0.2) is 4.79 Å². The molecule has 0 aromatic carbocycles. The van der Waals surface area contributed by atoms with Gasteiger partial charge in [0.05, 0.1) is 0 Å². The molecule has 2 unspecified atom stereocenters. The topological polar surface area (TPSA) is 53.6 Å². The summed E-state index contributed by atoms with van der Waals surface area (Å²) < 4.78 is 5.44. The molecule has 1 amide bonds. The molecule has 0 saturated carbocycles. The molecular formula is C17H33N3O2. The molecular weight excluding hydrogens is 278 g/mol. The number of nitrogens with zero attached hydrogens (tertiary/aromatic N) is 1. The largest absolute Gasteiger partial charge is 0.444 e. The summed E-state index contributed by atoms with van der Waals surface area (Å²) >= 11 is 0. The normalized spacial score (nSPS) is 26.2. The molecule has 2 N–H and O–H groups in total. The number of hydrogen-bond acceptors (Lipinski definition) is 4. The van der Waals surface area contributed by atoms with Crippen LogP contribution in [0.3, 0.4) is 0 Å². The minimum Gasteiger partial charge on any atom is -0.444 e. The van der Waals surface area contributed by atoms with Gasteiger partial charge in [0.2, 0.25) is 0 Å². The van der Waals surface area contributed by atoms with E-state index in [-0.39, 0.29) is 6.09 Å². The lowest BCUT2D eigenvalue weighted by Gasteiger charge is -2.25. The van der Waals surface area contributed by atoms with Gasteiger partial charge in [-0.15, -0.1) is 0 Å². The fourth-order valence-electron chi connectivity index (χ4n) is 3.24. The number of rotatable bonds is 5. The van der Waals surface area contributed by atoms with E-state index in [1.165, 1.54) is 25.8 Å². The summed E-state index contributed by atoms with van der Waals surface area (Å²) in [6.45, 7) is 10.7. The van der Waals surface area contributed by atoms with E-state index in [4.69, 9.17) is 4.74 Å². The second kappa shape index (κ2) is 8.16. The monoisotopic (exact) mass is 311 g/mol. The van der Waals surface area contributed by atoms with E-state index in [1.54, 1.807) is 0 Å². The summed E-state index contributed by atoms with van der Waals surface area (Å²) in [5.41, 5.74) is -0.399. The number of nitrogens with one attached hydrogen (secondary N) is 2. The van der Waals surface area contributed by atoms with Crippen LogP contribution in [0.1, 0.15) is 52.9 Å². The molecule has 2 heterocycles. The Kier molecular flexibility index (Phi) is 6.50. The van der Waals surface area contributed by atoms with E-state index < -0.39 is 5.60 Å². The molecule has 2 aliphatic heterocycles. The first-order chi connectivity index (χ1) is 10.4. The predicted molar refractivity (Wildman–Crippen MR) is 89.0 cm³/mol. The summed E-state index contributed by atoms with van der Waals surface area (Å²) in [7, 11) is 0. The summed E-state index contributed by atoms with van der Waals surface area (Å²) in [4.78, 5) is 13.9. The van der Waals surface area contributed by atoms with E-state index >= 15 is 0 Å². The minimum absolute atomic E-state index is 0.158. The van der Waals surface area contributed by atoms with Crippen LogP contribution >= 0.6 is 0 Å². The van der Waals surface area contributed by atoms with Crippen LogP contribution in [0.2, 0.25) is 0 Å². The Bertz CT molecular complexity index is 348. The highest BCUT2D eigenvalue weighted by Gasteiger charge is 2.29. The summed E-state index contributed by atoms with van der Waals surface area (Å²) in [6.07, 6.45) is 6.05. The van der Waals surface area contributed by atoms with Crippen molar-refractivity contribution in [2.45, 2.75) is 64.5 Å². The number of hydrogen-bond donors (Lipinski definition) is 2. The average Bonchev–Trinajstić information content (AvgIpc) is 2.92. The maximum atomic E-state index is 12.0. The molecule has 0 aromatic heterocycles. The highest BCUT2D eigenvalue weighted by molar-refractivity contribution is 5.68. The van der Waals surface area contributed by atoms with Crippen LogP contribution in [-0.2, 0) is 4.74 Å². The molecule has 2 rings (SSSR count). The van der Waals surface area contributed by atoms with E-state index in [0.717, 1.165) is 39.0 Å². The molecule has 0 bridgehead atoms. The maximum Gasteiger partial charge on any atom is 0.410 e. The molecule has 128 valence electrons. The fourth-order valence-corrected chi connectivity index (χ4v) is 3.24. The van der Waals surface area contributed by atoms with Crippen molar-refractivity contribution >= 4 is 6.09 Å². The third-order valence-electron chi connectivity index (χ3n) is 4.47. The van der Waals surface area contributed by atoms with Crippen molar-refractivity contribution in [3.63, 3.8) is 0 Å². The molecule has 0 radical (unpaired) electrons. The molecule has 2 saturated heterocycles. The number of carbonyl (C=O) groups is 1. The van der Waals surface area contributed by atoms with Crippen molar-refractivity contribution < 1.29 is 9.53 Å². The first-order valence-corrected chi connectivity index (χ1v) is 8.86. The second-order valence-electron chi connectivity index (χ2n) is 7.72. The summed E-state index contributed by atoms with van der Waals surface area (Å²) in [5, 5.41) is 7.13. The van der Waals surface area contributed by atoms with Crippen molar-refractivity contribution in [3.8, 4) is 0 Å². The van der Waals surface area contributed by atoms with Gasteiger partial charge < -0.3 is 20.3 Å². The standard InChI is InChI=1S/C17H33N3O2/c1-17(2,3)22-16(21)20-11-8-14(13-20)7-10-18-12-15-6-4-5-9-19-15/h14-15,18-19H,4-13H2,1-3H3. The van der Waals surface area contributed by atoms with Crippen LogP contribution in [0.25, 0.3) is 0 Å². The van der Waals surface area contributed by atoms with Crippen molar-refractivity contribution in [1.82, 2.24) is 15.5 Å². The average molecular weight is 311 g/mol. The number of ether oxygens (including phenoxy) is 1. The summed E-state index contributed by atoms with van der Waals surface area (Å²) in [6, 6.07) is 0.649. The second-order valence-corrected chi connectivity index (χ2v) is 7.72. The van der Waals surface area contributed by atoms with Gasteiger partial charge in [0.25, 0.3) is 0 Å². The van der Waals surface area contributed by atoms with Gasteiger partial charge in [-0.2, -0.15) is 0 Å². The first-order valence-electron chi connectivity index (χ1n) is 8.86. The molecule has 5 heteroatoms. The lowest BCUT2D eigenvalue weighted by atomic mass is 10.0. The Hall–Kier alpha value is -0.810. The van der Waals surface area contributed by atoms with E-state index in [2.05, 4.69) is 10.6 Å². The van der Waals surface area contributed by atoms with Gasteiger partial charge in [0.1, 0.15) is 5.60 Å². The summed E-state index contributed by atoms with van der Waals surface area (Å²) in [5.74, 6) is 0.610. The molecule has 0 aliphatic carbocycles. The van der Waals surface area contributed by atoms with Crippen molar-refractivity contribution in [1.29, 1.82) is 0 Å². The third kappa shape index (κ3) is 6.13. The number of piperidine rings is 1. The zero-order valence-electron chi connectivity index (χ0n) is 14.5. The van der Waals surface area contributed by atoms with Gasteiger partial charge in [-0.3, -0.25) is 0 Å². The van der Waals surface area contributed by atoms with Crippen LogP contribution in [0.5, 0.6) is 0 Å². The first kappa shape index (κ1) is 17.5. The van der Waals surface area contributed by atoms with Crippen molar-refractivity contribution in [2.75, 3.05) is 32.7 Å². The zero-order valence-corrected chi connectivity index (χ0v) is 14.5. The zero-order chi connectivity index (χ0) is 16.0. The Morgan fingerprint density at radius 2 is 2.14 bits per heavy atom. The molecule has 0 aromatic rings. The highest BCUT2D eigenvalue weighted by Crippen LogP contribution is 2.21. The van der Waals surface area contributed by atoms with E-state index in [9.17, 15) is 4.79 Å². The minimum atomic E-state index is -0.399. The Balaban J connectivity index is 1.57. The van der Waals surface area contributed by atoms with E-state index in [0.29, 0.717) is 12.0 Å². The quantitative estimate of drug-likeness (QED) is 0.765. The molecule has 2 atom stereocenters. The van der Waals surface area contributed by atoms with Crippen molar-refractivity contribution in [2.24, 2.45) is 5.92 Å². The SMILES string of the molecule is CC(C)(C)OC(=O)N1CCC(CCNCC2CCCCN2)C1. The van der Waals surface area contributed by atoms with Crippen molar-refractivity contribution in [3.05, 3.63) is 0 Å². The van der Waals surface area contributed by atoms with Gasteiger partial charge in [0.15, 0.2) is 0 Å². The Morgan fingerprint density at radius 1 is 1.32 bits per heavy atom. The lowest BCUT2D eigenvalue weighted by molar-refractivity contribution is 0.0287. The van der Waals surface area contributed by atoms with Crippen LogP contribution in [0, 0.1) is 5.92 Å². The Morgan fingerprint density at radius 3 is 2.82 bits per heavy atom. The molecule has 0 spiro atoms. The van der Waals surface area contributed by atoms with Gasteiger partial charge in [-0.05, 0) is 65.5 Å². The number of carbonyl (C=O) groups excluding carboxylic acids is 1.